The van der Waals surface area contributed by atoms with E-state index in [-0.39, 0.29) is 0 Å². The van der Waals surface area contributed by atoms with Crippen LogP contribution in [0.3, 0.4) is 0 Å². The van der Waals surface area contributed by atoms with Crippen LogP contribution in [0.1, 0.15) is 19.5 Å². The summed E-state index contributed by atoms with van der Waals surface area (Å²) in [7, 11) is -3.08. The summed E-state index contributed by atoms with van der Waals surface area (Å²) in [4.78, 5) is 4.25. The first-order valence-electron chi connectivity index (χ1n) is 5.34. The Morgan fingerprint density at radius 3 is 2.50 bits per heavy atom. The van der Waals surface area contributed by atoms with E-state index in [1.54, 1.807) is 20.0 Å². The van der Waals surface area contributed by atoms with Gasteiger partial charge >= 0.3 is 0 Å². The van der Waals surface area contributed by atoms with Gasteiger partial charge in [-0.25, -0.2) is 8.42 Å². The number of sulfone groups is 1. The molecule has 0 bridgehead atoms. The monoisotopic (exact) mass is 398 g/mol. The van der Waals surface area contributed by atoms with E-state index in [2.05, 4.69) is 42.2 Å². The van der Waals surface area contributed by atoms with E-state index in [9.17, 15) is 8.42 Å². The average molecular weight is 400 g/mol. The Bertz CT molecular complexity index is 530. The van der Waals surface area contributed by atoms with Crippen molar-refractivity contribution in [1.82, 2.24) is 10.3 Å². The molecule has 7 heteroatoms. The normalized spacial score (nSPS) is 12.7. The van der Waals surface area contributed by atoms with E-state index >= 15 is 0 Å². The van der Waals surface area contributed by atoms with Crippen molar-refractivity contribution in [3.8, 4) is 0 Å². The molecule has 1 N–H and O–H groups in total. The van der Waals surface area contributed by atoms with Gasteiger partial charge in [0.2, 0.25) is 0 Å². The first-order valence-corrected chi connectivity index (χ1v) is 8.81. The van der Waals surface area contributed by atoms with Crippen LogP contribution in [0.15, 0.2) is 21.2 Å². The van der Waals surface area contributed by atoms with Crippen molar-refractivity contribution in [2.45, 2.75) is 25.1 Å². The zero-order valence-electron chi connectivity index (χ0n) is 10.5. The first kappa shape index (κ1) is 16.1. The van der Waals surface area contributed by atoms with Crippen molar-refractivity contribution in [2.75, 3.05) is 12.8 Å². The maximum atomic E-state index is 11.5. The van der Waals surface area contributed by atoms with Crippen LogP contribution in [0.4, 0.5) is 0 Å². The van der Waals surface area contributed by atoms with Crippen molar-refractivity contribution in [3.63, 3.8) is 0 Å². The van der Waals surface area contributed by atoms with Crippen molar-refractivity contribution >= 4 is 41.7 Å². The molecule has 0 atom stereocenters. The maximum absolute atomic E-state index is 11.5. The summed E-state index contributed by atoms with van der Waals surface area (Å²) in [6.45, 7) is 4.32. The molecule has 0 unspecified atom stereocenters. The molecule has 0 aliphatic rings. The molecule has 0 aliphatic carbocycles. The molecule has 1 heterocycles. The fraction of sp³-hybridized carbons (Fsp3) is 0.545. The largest absolute Gasteiger partial charge is 0.310 e. The van der Waals surface area contributed by atoms with Gasteiger partial charge in [-0.1, -0.05) is 0 Å². The highest BCUT2D eigenvalue weighted by atomic mass is 79.9. The van der Waals surface area contributed by atoms with Crippen LogP contribution in [0.5, 0.6) is 0 Å². The number of aromatic nitrogens is 1. The van der Waals surface area contributed by atoms with E-state index < -0.39 is 14.6 Å². The van der Waals surface area contributed by atoms with Gasteiger partial charge in [0.1, 0.15) is 0 Å². The number of nitrogens with zero attached hydrogens (tertiary/aromatic N) is 1. The molecule has 1 aromatic rings. The van der Waals surface area contributed by atoms with Crippen molar-refractivity contribution in [2.24, 2.45) is 0 Å². The quantitative estimate of drug-likeness (QED) is 0.826. The number of pyridine rings is 1. The predicted octanol–water partition coefficient (Wildman–Crippen LogP) is 2.52. The van der Waals surface area contributed by atoms with Crippen molar-refractivity contribution in [3.05, 3.63) is 26.9 Å². The third-order valence-corrected chi connectivity index (χ3v) is 6.00. The van der Waals surface area contributed by atoms with Gasteiger partial charge < -0.3 is 5.32 Å². The molecule has 0 aliphatic heterocycles. The number of hydrogen-bond acceptors (Lipinski definition) is 4. The van der Waals surface area contributed by atoms with Gasteiger partial charge in [0.15, 0.2) is 9.84 Å². The summed E-state index contributed by atoms with van der Waals surface area (Å²) < 4.78 is 24.1. The molecule has 0 amide bonds. The Balaban J connectivity index is 2.62. The lowest BCUT2D eigenvalue weighted by Crippen LogP contribution is -2.41. The molecule has 1 rings (SSSR count). The van der Waals surface area contributed by atoms with Gasteiger partial charge in [-0.2, -0.15) is 0 Å². The smallest absolute Gasteiger partial charge is 0.153 e. The lowest BCUT2D eigenvalue weighted by atomic mass is 10.2. The molecule has 0 radical (unpaired) electrons. The van der Waals surface area contributed by atoms with Crippen molar-refractivity contribution in [1.29, 1.82) is 0 Å². The summed E-state index contributed by atoms with van der Waals surface area (Å²) in [5.74, 6) is 0. The van der Waals surface area contributed by atoms with Gasteiger partial charge in [0.05, 0.1) is 10.4 Å². The van der Waals surface area contributed by atoms with Crippen LogP contribution in [-0.2, 0) is 16.4 Å². The zero-order chi connectivity index (χ0) is 14.0. The predicted molar refractivity (Wildman–Crippen MR) is 80.3 cm³/mol. The lowest BCUT2D eigenvalue weighted by molar-refractivity contribution is 0.519. The fourth-order valence-corrected chi connectivity index (χ4v) is 2.68. The second kappa shape index (κ2) is 5.98. The highest BCUT2D eigenvalue weighted by Crippen LogP contribution is 2.20. The Labute approximate surface area is 125 Å². The number of nitrogens with one attached hydrogen (secondary N) is 1. The highest BCUT2D eigenvalue weighted by Gasteiger charge is 2.29. The van der Waals surface area contributed by atoms with Crippen LogP contribution in [0.2, 0.25) is 0 Å². The highest BCUT2D eigenvalue weighted by molar-refractivity contribution is 9.11. The van der Waals surface area contributed by atoms with E-state index in [1.165, 1.54) is 6.26 Å². The van der Waals surface area contributed by atoms with Crippen LogP contribution in [-0.4, -0.2) is 30.9 Å². The standard InChI is InChI=1S/C11H16Br2N2O2S/c1-11(2,18(3,16)17)7-14-6-10-9(13)4-8(12)5-15-10/h4-5,14H,6-7H2,1-3H3. The molecule has 102 valence electrons. The Kier molecular flexibility index (Phi) is 5.34. The number of hydrogen-bond donors (Lipinski definition) is 1. The van der Waals surface area contributed by atoms with E-state index in [4.69, 9.17) is 0 Å². The molecule has 0 fully saturated rings. The van der Waals surface area contributed by atoms with E-state index in [0.717, 1.165) is 14.6 Å². The molecule has 0 saturated carbocycles. The minimum atomic E-state index is -3.08. The van der Waals surface area contributed by atoms with Gasteiger partial charge in [-0.15, -0.1) is 0 Å². The van der Waals surface area contributed by atoms with Gasteiger partial charge in [0.25, 0.3) is 0 Å². The van der Waals surface area contributed by atoms with Crippen LogP contribution in [0, 0.1) is 0 Å². The number of halogens is 2. The minimum Gasteiger partial charge on any atom is -0.310 e. The zero-order valence-corrected chi connectivity index (χ0v) is 14.5. The molecule has 1 aromatic heterocycles. The van der Waals surface area contributed by atoms with Gasteiger partial charge in [-0.3, -0.25) is 4.98 Å². The summed E-state index contributed by atoms with van der Waals surface area (Å²) in [6.07, 6.45) is 2.96. The van der Waals surface area contributed by atoms with Gasteiger partial charge in [-0.05, 0) is 51.8 Å². The Morgan fingerprint density at radius 2 is 2.00 bits per heavy atom. The lowest BCUT2D eigenvalue weighted by Gasteiger charge is -2.22. The molecule has 0 aromatic carbocycles. The fourth-order valence-electron chi connectivity index (χ4n) is 1.19. The SMILES string of the molecule is CC(C)(CNCc1ncc(Br)cc1Br)S(C)(=O)=O. The summed E-state index contributed by atoms with van der Waals surface area (Å²) in [5.41, 5.74) is 0.850. The minimum absolute atomic E-state index is 0.385. The van der Waals surface area contributed by atoms with Crippen LogP contribution >= 0.6 is 31.9 Å². The molecule has 18 heavy (non-hydrogen) atoms. The number of rotatable bonds is 5. The first-order chi connectivity index (χ1) is 8.13. The van der Waals surface area contributed by atoms with Gasteiger partial charge in [0, 0.05) is 34.5 Å². The Morgan fingerprint density at radius 1 is 1.39 bits per heavy atom. The second-order valence-electron chi connectivity index (χ2n) is 4.72. The second-order valence-corrected chi connectivity index (χ2v) is 9.14. The molecular formula is C11H16Br2N2O2S. The van der Waals surface area contributed by atoms with Crippen molar-refractivity contribution < 1.29 is 8.42 Å². The maximum Gasteiger partial charge on any atom is 0.153 e. The molecule has 0 saturated heterocycles. The summed E-state index contributed by atoms with van der Waals surface area (Å²) >= 11 is 6.75. The Hall–Kier alpha value is 0.0200. The van der Waals surface area contributed by atoms with Crippen LogP contribution in [0.25, 0.3) is 0 Å². The van der Waals surface area contributed by atoms with E-state index in [1.807, 2.05) is 6.07 Å². The third kappa shape index (κ3) is 4.29. The summed E-state index contributed by atoms with van der Waals surface area (Å²) in [6, 6.07) is 1.91. The average Bonchev–Trinajstić information content (AvgIpc) is 2.19. The van der Waals surface area contributed by atoms with Crippen LogP contribution < -0.4 is 5.32 Å². The topological polar surface area (TPSA) is 59.1 Å². The molecular weight excluding hydrogens is 384 g/mol. The molecule has 4 nitrogen and oxygen atoms in total. The summed E-state index contributed by atoms with van der Waals surface area (Å²) in [5, 5.41) is 3.12. The third-order valence-electron chi connectivity index (χ3n) is 2.73. The van der Waals surface area contributed by atoms with E-state index in [0.29, 0.717) is 13.1 Å². The molecule has 0 spiro atoms.